The van der Waals surface area contributed by atoms with Gasteiger partial charge < -0.3 is 14.1 Å². The van der Waals surface area contributed by atoms with Gasteiger partial charge in [-0.1, -0.05) is 12.1 Å². The van der Waals surface area contributed by atoms with Crippen molar-refractivity contribution >= 4 is 21.8 Å². The molecule has 2 fully saturated rings. The molecule has 7 heteroatoms. The summed E-state index contributed by atoms with van der Waals surface area (Å²) in [5.74, 6) is 0.389. The minimum atomic E-state index is -0.300. The van der Waals surface area contributed by atoms with Crippen LogP contribution in [-0.2, 0) is 0 Å². The smallest absolute Gasteiger partial charge is 0.289 e. The number of nitrogens with zero attached hydrogens (tertiary/aromatic N) is 2. The summed E-state index contributed by atoms with van der Waals surface area (Å²) >= 11 is 3.24. The van der Waals surface area contributed by atoms with Gasteiger partial charge >= 0.3 is 0 Å². The maximum Gasteiger partial charge on any atom is 0.289 e. The van der Waals surface area contributed by atoms with Gasteiger partial charge in [0, 0.05) is 32.2 Å². The Morgan fingerprint density at radius 2 is 1.75 bits per heavy atom. The molecule has 2 aromatic rings. The standard InChI is InChI=1S/C21H24BrFN2O3/c22-20-6-5-19(28-20)21(26)25-11-7-15(8-12-25)24-13-9-16(10-14-24)27-18-4-2-1-3-17(18)23/h1-6,15-16H,7-14H2. The summed E-state index contributed by atoms with van der Waals surface area (Å²) in [6.07, 6.45) is 3.79. The average Bonchev–Trinajstić information content (AvgIpc) is 3.16. The van der Waals surface area contributed by atoms with Gasteiger partial charge in [-0.05, 0) is 65.9 Å². The van der Waals surface area contributed by atoms with E-state index in [2.05, 4.69) is 20.8 Å². The molecule has 0 unspecified atom stereocenters. The lowest BCUT2D eigenvalue weighted by Gasteiger charge is -2.41. The Bertz CT molecular complexity index is 811. The van der Waals surface area contributed by atoms with Crippen LogP contribution in [0, 0.1) is 5.82 Å². The molecule has 0 radical (unpaired) electrons. The van der Waals surface area contributed by atoms with E-state index in [-0.39, 0.29) is 17.8 Å². The second-order valence-electron chi connectivity index (χ2n) is 7.41. The van der Waals surface area contributed by atoms with Crippen LogP contribution in [0.2, 0.25) is 0 Å². The SMILES string of the molecule is O=C(c1ccc(Br)o1)N1CCC(N2CCC(Oc3ccccc3F)CC2)CC1. The highest BCUT2D eigenvalue weighted by atomic mass is 79.9. The molecule has 1 aromatic carbocycles. The summed E-state index contributed by atoms with van der Waals surface area (Å²) in [4.78, 5) is 16.9. The highest BCUT2D eigenvalue weighted by molar-refractivity contribution is 9.10. The highest BCUT2D eigenvalue weighted by Gasteiger charge is 2.31. The molecule has 1 aromatic heterocycles. The van der Waals surface area contributed by atoms with E-state index < -0.39 is 0 Å². The van der Waals surface area contributed by atoms with Gasteiger partial charge in [0.15, 0.2) is 22.0 Å². The van der Waals surface area contributed by atoms with Crippen molar-refractivity contribution in [2.45, 2.75) is 37.8 Å². The Labute approximate surface area is 172 Å². The molecule has 0 N–H and O–H groups in total. The van der Waals surface area contributed by atoms with E-state index in [0.29, 0.717) is 22.2 Å². The Hall–Kier alpha value is -1.86. The van der Waals surface area contributed by atoms with Crippen molar-refractivity contribution in [3.63, 3.8) is 0 Å². The fraction of sp³-hybridized carbons (Fsp3) is 0.476. The molecular formula is C21H24BrFN2O3. The number of ether oxygens (including phenoxy) is 1. The zero-order valence-corrected chi connectivity index (χ0v) is 17.2. The first-order valence-corrected chi connectivity index (χ1v) is 10.6. The highest BCUT2D eigenvalue weighted by Crippen LogP contribution is 2.26. The lowest BCUT2D eigenvalue weighted by molar-refractivity contribution is 0.0402. The molecule has 2 aliphatic heterocycles. The first-order chi connectivity index (χ1) is 13.6. The topological polar surface area (TPSA) is 45.9 Å². The molecule has 150 valence electrons. The van der Waals surface area contributed by atoms with E-state index in [1.165, 1.54) is 6.07 Å². The second-order valence-corrected chi connectivity index (χ2v) is 8.19. The molecule has 0 bridgehead atoms. The van der Waals surface area contributed by atoms with Crippen molar-refractivity contribution in [3.05, 3.63) is 52.6 Å². The third kappa shape index (κ3) is 4.41. The van der Waals surface area contributed by atoms with Gasteiger partial charge in [-0.2, -0.15) is 0 Å². The molecule has 2 saturated heterocycles. The van der Waals surface area contributed by atoms with Crippen LogP contribution >= 0.6 is 15.9 Å². The van der Waals surface area contributed by atoms with Crippen molar-refractivity contribution in [3.8, 4) is 5.75 Å². The zero-order chi connectivity index (χ0) is 19.5. The Morgan fingerprint density at radius 1 is 1.04 bits per heavy atom. The fourth-order valence-corrected chi connectivity index (χ4v) is 4.40. The number of piperidine rings is 2. The summed E-state index contributed by atoms with van der Waals surface area (Å²) in [6, 6.07) is 10.5. The molecule has 28 heavy (non-hydrogen) atoms. The number of carbonyl (C=O) groups excluding carboxylic acids is 1. The molecule has 2 aliphatic rings. The summed E-state index contributed by atoms with van der Waals surface area (Å²) in [5.41, 5.74) is 0. The van der Waals surface area contributed by atoms with Crippen LogP contribution in [0.4, 0.5) is 4.39 Å². The number of furan rings is 1. The molecule has 5 nitrogen and oxygen atoms in total. The van der Waals surface area contributed by atoms with Gasteiger partial charge in [-0.15, -0.1) is 0 Å². The summed E-state index contributed by atoms with van der Waals surface area (Å²) < 4.78 is 25.6. The van der Waals surface area contributed by atoms with E-state index in [4.69, 9.17) is 9.15 Å². The predicted octanol–water partition coefficient (Wildman–Crippen LogP) is 4.33. The van der Waals surface area contributed by atoms with Crippen LogP contribution in [-0.4, -0.2) is 54.0 Å². The number of benzene rings is 1. The summed E-state index contributed by atoms with van der Waals surface area (Å²) in [6.45, 7) is 3.38. The first-order valence-electron chi connectivity index (χ1n) is 9.80. The number of likely N-dealkylation sites (tertiary alicyclic amines) is 2. The molecule has 0 aliphatic carbocycles. The molecule has 1 amide bonds. The number of hydrogen-bond donors (Lipinski definition) is 0. The van der Waals surface area contributed by atoms with Crippen molar-refractivity contribution in [2.75, 3.05) is 26.2 Å². The van der Waals surface area contributed by atoms with Crippen LogP contribution in [0.5, 0.6) is 5.75 Å². The number of carbonyl (C=O) groups is 1. The van der Waals surface area contributed by atoms with E-state index >= 15 is 0 Å². The van der Waals surface area contributed by atoms with Gasteiger partial charge in [0.25, 0.3) is 5.91 Å². The van der Waals surface area contributed by atoms with Crippen molar-refractivity contribution in [2.24, 2.45) is 0 Å². The lowest BCUT2D eigenvalue weighted by atomic mass is 9.98. The molecule has 0 spiro atoms. The second kappa shape index (κ2) is 8.66. The van der Waals surface area contributed by atoms with E-state index in [1.54, 1.807) is 30.3 Å². The monoisotopic (exact) mass is 450 g/mol. The number of rotatable bonds is 4. The van der Waals surface area contributed by atoms with Gasteiger partial charge in [-0.3, -0.25) is 9.69 Å². The largest absolute Gasteiger partial charge is 0.487 e. The van der Waals surface area contributed by atoms with E-state index in [0.717, 1.165) is 51.9 Å². The van der Waals surface area contributed by atoms with Crippen LogP contribution in [0.15, 0.2) is 45.5 Å². The molecule has 3 heterocycles. The van der Waals surface area contributed by atoms with Crippen molar-refractivity contribution in [1.82, 2.24) is 9.80 Å². The number of para-hydroxylation sites is 1. The summed E-state index contributed by atoms with van der Waals surface area (Å²) in [5, 5.41) is 0. The quantitative estimate of drug-likeness (QED) is 0.695. The number of amides is 1. The number of halogens is 2. The van der Waals surface area contributed by atoms with Gasteiger partial charge in [-0.25, -0.2) is 4.39 Å². The Balaban J connectivity index is 1.24. The average molecular weight is 451 g/mol. The first kappa shape index (κ1) is 19.5. The molecule has 0 saturated carbocycles. The number of hydrogen-bond acceptors (Lipinski definition) is 4. The Morgan fingerprint density at radius 3 is 2.39 bits per heavy atom. The van der Waals surface area contributed by atoms with E-state index in [1.807, 2.05) is 4.90 Å². The molecular weight excluding hydrogens is 427 g/mol. The maximum absolute atomic E-state index is 13.8. The zero-order valence-electron chi connectivity index (χ0n) is 15.7. The minimum Gasteiger partial charge on any atom is -0.487 e. The molecule has 0 atom stereocenters. The van der Waals surface area contributed by atoms with E-state index in [9.17, 15) is 9.18 Å². The third-order valence-electron chi connectivity index (χ3n) is 5.66. The minimum absolute atomic E-state index is 0.0406. The maximum atomic E-state index is 13.8. The van der Waals surface area contributed by atoms with Gasteiger partial charge in [0.05, 0.1) is 0 Å². The van der Waals surface area contributed by atoms with Crippen LogP contribution < -0.4 is 4.74 Å². The summed E-state index contributed by atoms with van der Waals surface area (Å²) in [7, 11) is 0. The Kier molecular flexibility index (Phi) is 6.01. The predicted molar refractivity (Wildman–Crippen MR) is 107 cm³/mol. The van der Waals surface area contributed by atoms with Crippen molar-refractivity contribution in [1.29, 1.82) is 0 Å². The fourth-order valence-electron chi connectivity index (χ4n) is 4.10. The lowest BCUT2D eigenvalue weighted by Crippen LogP contribution is -2.50. The van der Waals surface area contributed by atoms with Gasteiger partial charge in [0.1, 0.15) is 6.10 Å². The molecule has 4 rings (SSSR count). The van der Waals surface area contributed by atoms with Crippen LogP contribution in [0.25, 0.3) is 0 Å². The van der Waals surface area contributed by atoms with Crippen LogP contribution in [0.1, 0.15) is 36.2 Å². The van der Waals surface area contributed by atoms with Crippen LogP contribution in [0.3, 0.4) is 0 Å². The third-order valence-corrected chi connectivity index (χ3v) is 6.09. The normalized spacial score (nSPS) is 19.7. The van der Waals surface area contributed by atoms with Gasteiger partial charge in [0.2, 0.25) is 0 Å². The van der Waals surface area contributed by atoms with Crippen molar-refractivity contribution < 1.29 is 18.3 Å².